The summed E-state index contributed by atoms with van der Waals surface area (Å²) < 4.78 is 11.4. The van der Waals surface area contributed by atoms with Gasteiger partial charge in [-0.25, -0.2) is 4.98 Å². The van der Waals surface area contributed by atoms with Gasteiger partial charge in [0.1, 0.15) is 11.3 Å². The van der Waals surface area contributed by atoms with E-state index in [2.05, 4.69) is 36.3 Å². The summed E-state index contributed by atoms with van der Waals surface area (Å²) in [5.74, 6) is 1.38. The minimum absolute atomic E-state index is 0.0604. The number of carbonyl (C=O) groups excluding carboxylic acids is 1. The van der Waals surface area contributed by atoms with E-state index >= 15 is 0 Å². The lowest BCUT2D eigenvalue weighted by atomic mass is 10.0. The van der Waals surface area contributed by atoms with E-state index < -0.39 is 0 Å². The number of fused-ring (bicyclic) bond motifs is 1. The van der Waals surface area contributed by atoms with Gasteiger partial charge in [-0.1, -0.05) is 44.2 Å². The molecule has 0 atom stereocenters. The van der Waals surface area contributed by atoms with Gasteiger partial charge >= 0.3 is 0 Å². The number of para-hydroxylation sites is 1. The predicted octanol–water partition coefficient (Wildman–Crippen LogP) is 5.64. The molecule has 0 radical (unpaired) electrons. The van der Waals surface area contributed by atoms with Gasteiger partial charge in [-0.15, -0.1) is 0 Å². The van der Waals surface area contributed by atoms with Crippen LogP contribution in [0.25, 0.3) is 22.6 Å². The first-order chi connectivity index (χ1) is 14.1. The Kier molecular flexibility index (Phi) is 5.29. The van der Waals surface area contributed by atoms with E-state index in [0.29, 0.717) is 23.2 Å². The van der Waals surface area contributed by atoms with Crippen molar-refractivity contribution < 1.29 is 13.9 Å². The van der Waals surface area contributed by atoms with Gasteiger partial charge in [0, 0.05) is 11.3 Å². The fraction of sp³-hybridized carbons (Fsp3) is 0.167. The third kappa shape index (κ3) is 4.46. The number of amides is 1. The van der Waals surface area contributed by atoms with Crippen molar-refractivity contribution in [3.05, 3.63) is 78.4 Å². The molecule has 0 unspecified atom stereocenters. The van der Waals surface area contributed by atoms with Crippen molar-refractivity contribution in [1.29, 1.82) is 0 Å². The van der Waals surface area contributed by atoms with Gasteiger partial charge < -0.3 is 14.5 Å². The molecule has 4 rings (SSSR count). The number of nitrogens with zero attached hydrogens (tertiary/aromatic N) is 1. The van der Waals surface area contributed by atoms with Gasteiger partial charge in [-0.3, -0.25) is 4.79 Å². The standard InChI is InChI=1S/C24H22N2O3/c1-16(2)17-11-12-22-21(14-17)26-24(29-22)18-7-6-8-19(13-18)25-23(27)15-28-20-9-4-3-5-10-20/h3-14,16H,15H2,1-2H3,(H,25,27). The smallest absolute Gasteiger partial charge is 0.262 e. The fourth-order valence-corrected chi connectivity index (χ4v) is 3.02. The molecule has 0 aliphatic carbocycles. The lowest BCUT2D eigenvalue weighted by Gasteiger charge is -2.08. The van der Waals surface area contributed by atoms with Gasteiger partial charge in [0.25, 0.3) is 5.91 Å². The Labute approximate surface area is 169 Å². The molecule has 4 aromatic rings. The van der Waals surface area contributed by atoms with E-state index in [1.54, 1.807) is 0 Å². The van der Waals surface area contributed by atoms with Crippen molar-refractivity contribution in [2.45, 2.75) is 19.8 Å². The molecule has 5 heteroatoms. The van der Waals surface area contributed by atoms with Crippen molar-refractivity contribution in [3.8, 4) is 17.2 Å². The van der Waals surface area contributed by atoms with E-state index in [4.69, 9.17) is 9.15 Å². The van der Waals surface area contributed by atoms with Gasteiger partial charge in [-0.2, -0.15) is 0 Å². The van der Waals surface area contributed by atoms with E-state index in [-0.39, 0.29) is 12.5 Å². The number of benzene rings is 3. The number of oxazole rings is 1. The summed E-state index contributed by atoms with van der Waals surface area (Å²) >= 11 is 0. The third-order valence-electron chi connectivity index (χ3n) is 4.58. The van der Waals surface area contributed by atoms with Crippen LogP contribution in [0.2, 0.25) is 0 Å². The quantitative estimate of drug-likeness (QED) is 0.466. The van der Waals surface area contributed by atoms with Crippen LogP contribution in [-0.4, -0.2) is 17.5 Å². The maximum Gasteiger partial charge on any atom is 0.262 e. The molecule has 1 amide bonds. The SMILES string of the molecule is CC(C)c1ccc2oc(-c3cccc(NC(=O)COc4ccccc4)c3)nc2c1. The molecule has 0 spiro atoms. The van der Waals surface area contributed by atoms with Crippen molar-refractivity contribution in [1.82, 2.24) is 4.98 Å². The normalized spacial score (nSPS) is 11.0. The summed E-state index contributed by atoms with van der Waals surface area (Å²) in [6.07, 6.45) is 0. The molecule has 0 bridgehead atoms. The Balaban J connectivity index is 1.48. The molecule has 1 N–H and O–H groups in total. The van der Waals surface area contributed by atoms with Crippen molar-refractivity contribution in [2.24, 2.45) is 0 Å². The molecule has 0 aliphatic rings. The van der Waals surface area contributed by atoms with Gasteiger partial charge in [0.2, 0.25) is 5.89 Å². The first kappa shape index (κ1) is 18.7. The average molecular weight is 386 g/mol. The first-order valence-electron chi connectivity index (χ1n) is 9.57. The second-order valence-corrected chi connectivity index (χ2v) is 7.13. The lowest BCUT2D eigenvalue weighted by Crippen LogP contribution is -2.20. The Hall–Kier alpha value is -3.60. The van der Waals surface area contributed by atoms with Crippen LogP contribution in [0.4, 0.5) is 5.69 Å². The van der Waals surface area contributed by atoms with Crippen LogP contribution in [0.3, 0.4) is 0 Å². The summed E-state index contributed by atoms with van der Waals surface area (Å²) in [5, 5.41) is 2.85. The van der Waals surface area contributed by atoms with E-state index in [1.807, 2.05) is 60.7 Å². The number of hydrogen-bond acceptors (Lipinski definition) is 4. The highest BCUT2D eigenvalue weighted by Gasteiger charge is 2.11. The van der Waals surface area contributed by atoms with Crippen molar-refractivity contribution in [2.75, 3.05) is 11.9 Å². The number of anilines is 1. The Morgan fingerprint density at radius 3 is 2.66 bits per heavy atom. The van der Waals surface area contributed by atoms with Gasteiger partial charge in [0.05, 0.1) is 0 Å². The third-order valence-corrected chi connectivity index (χ3v) is 4.58. The number of hydrogen-bond donors (Lipinski definition) is 1. The van der Waals surface area contributed by atoms with Crippen molar-refractivity contribution >= 4 is 22.7 Å². The largest absolute Gasteiger partial charge is 0.484 e. The van der Waals surface area contributed by atoms with Crippen LogP contribution in [0.5, 0.6) is 5.75 Å². The molecule has 0 fully saturated rings. The Morgan fingerprint density at radius 2 is 1.86 bits per heavy atom. The van der Waals surface area contributed by atoms with Gasteiger partial charge in [0.15, 0.2) is 12.2 Å². The molecule has 0 saturated heterocycles. The number of rotatable bonds is 6. The van der Waals surface area contributed by atoms with Crippen LogP contribution in [0.15, 0.2) is 77.2 Å². The molecule has 0 aliphatic heterocycles. The highest BCUT2D eigenvalue weighted by atomic mass is 16.5. The lowest BCUT2D eigenvalue weighted by molar-refractivity contribution is -0.118. The molecular weight excluding hydrogens is 364 g/mol. The highest BCUT2D eigenvalue weighted by Crippen LogP contribution is 2.28. The molecule has 1 aromatic heterocycles. The first-order valence-corrected chi connectivity index (χ1v) is 9.57. The number of aromatic nitrogens is 1. The zero-order valence-corrected chi connectivity index (χ0v) is 16.4. The fourth-order valence-electron chi connectivity index (χ4n) is 3.02. The molecule has 5 nitrogen and oxygen atoms in total. The zero-order chi connectivity index (χ0) is 20.2. The van der Waals surface area contributed by atoms with Crippen LogP contribution < -0.4 is 10.1 Å². The van der Waals surface area contributed by atoms with E-state index in [1.165, 1.54) is 5.56 Å². The molecular formula is C24H22N2O3. The summed E-state index contributed by atoms with van der Waals surface area (Å²) in [6, 6.07) is 22.7. The van der Waals surface area contributed by atoms with Crippen LogP contribution >= 0.6 is 0 Å². The summed E-state index contributed by atoms with van der Waals surface area (Å²) in [4.78, 5) is 16.8. The van der Waals surface area contributed by atoms with Crippen molar-refractivity contribution in [3.63, 3.8) is 0 Å². The van der Waals surface area contributed by atoms with E-state index in [9.17, 15) is 4.79 Å². The highest BCUT2D eigenvalue weighted by molar-refractivity contribution is 5.92. The van der Waals surface area contributed by atoms with Crippen LogP contribution in [0.1, 0.15) is 25.3 Å². The number of nitrogens with one attached hydrogen (secondary N) is 1. The molecule has 29 heavy (non-hydrogen) atoms. The molecule has 3 aromatic carbocycles. The number of carbonyl (C=O) groups is 1. The predicted molar refractivity (Wildman–Crippen MR) is 114 cm³/mol. The monoisotopic (exact) mass is 386 g/mol. The summed E-state index contributed by atoms with van der Waals surface area (Å²) in [7, 11) is 0. The minimum Gasteiger partial charge on any atom is -0.484 e. The van der Waals surface area contributed by atoms with Gasteiger partial charge in [-0.05, 0) is 53.9 Å². The minimum atomic E-state index is -0.231. The Morgan fingerprint density at radius 1 is 1.03 bits per heavy atom. The topological polar surface area (TPSA) is 64.4 Å². The van der Waals surface area contributed by atoms with E-state index in [0.717, 1.165) is 16.7 Å². The summed E-state index contributed by atoms with van der Waals surface area (Å²) in [5.41, 5.74) is 4.26. The molecule has 0 saturated carbocycles. The summed E-state index contributed by atoms with van der Waals surface area (Å²) in [6.45, 7) is 4.24. The maximum absolute atomic E-state index is 12.2. The second-order valence-electron chi connectivity index (χ2n) is 7.13. The Bertz CT molecular complexity index is 1130. The zero-order valence-electron chi connectivity index (χ0n) is 16.4. The maximum atomic E-state index is 12.2. The average Bonchev–Trinajstić information content (AvgIpc) is 3.17. The van der Waals surface area contributed by atoms with Crippen LogP contribution in [-0.2, 0) is 4.79 Å². The number of ether oxygens (including phenoxy) is 1. The second kappa shape index (κ2) is 8.19. The molecule has 146 valence electrons. The van der Waals surface area contributed by atoms with Crippen LogP contribution in [0, 0.1) is 0 Å². The molecule has 1 heterocycles.